The molecule has 7 heteroatoms. The molecule has 0 saturated carbocycles. The normalized spacial score (nSPS) is 10.3. The number of rotatable bonds is 7. The summed E-state index contributed by atoms with van der Waals surface area (Å²) in [6, 6.07) is 12.8. The predicted octanol–water partition coefficient (Wildman–Crippen LogP) is 2.88. The van der Waals surface area contributed by atoms with Crippen LogP contribution >= 0.6 is 0 Å². The van der Waals surface area contributed by atoms with Gasteiger partial charge in [0.1, 0.15) is 12.1 Å². The molecule has 3 aromatic rings. The summed E-state index contributed by atoms with van der Waals surface area (Å²) in [4.78, 5) is 24.9. The summed E-state index contributed by atoms with van der Waals surface area (Å²) < 4.78 is 10.4. The van der Waals surface area contributed by atoms with Crippen molar-refractivity contribution < 1.29 is 14.3 Å². The zero-order chi connectivity index (χ0) is 19.1. The van der Waals surface area contributed by atoms with Crippen molar-refractivity contribution in [1.29, 1.82) is 0 Å². The Kier molecular flexibility index (Phi) is 5.94. The average Bonchev–Trinajstić information content (AvgIpc) is 2.73. The molecule has 0 fully saturated rings. The van der Waals surface area contributed by atoms with Crippen LogP contribution in [0.25, 0.3) is 11.3 Å². The van der Waals surface area contributed by atoms with Crippen LogP contribution in [-0.2, 0) is 6.54 Å². The summed E-state index contributed by atoms with van der Waals surface area (Å²) in [6.45, 7) is 2.70. The number of hydrogen-bond acceptors (Lipinski definition) is 6. The van der Waals surface area contributed by atoms with Crippen LogP contribution in [0.2, 0.25) is 0 Å². The van der Waals surface area contributed by atoms with Gasteiger partial charge in [0, 0.05) is 17.8 Å². The van der Waals surface area contributed by atoms with Gasteiger partial charge in [-0.25, -0.2) is 15.0 Å². The van der Waals surface area contributed by atoms with Gasteiger partial charge in [-0.15, -0.1) is 0 Å². The Morgan fingerprint density at radius 1 is 1.07 bits per heavy atom. The minimum absolute atomic E-state index is 0.227. The number of nitrogens with zero attached hydrogens (tertiary/aromatic N) is 3. The van der Waals surface area contributed by atoms with Crippen LogP contribution < -0.4 is 14.8 Å². The number of carbonyl (C=O) groups excluding carboxylic acids is 1. The molecule has 0 atom stereocenters. The van der Waals surface area contributed by atoms with E-state index in [2.05, 4.69) is 20.3 Å². The summed E-state index contributed by atoms with van der Waals surface area (Å²) in [5.74, 6) is 1.05. The number of ether oxygens (including phenoxy) is 2. The maximum Gasteiger partial charge on any atom is 0.253 e. The molecule has 3 rings (SSSR count). The number of pyridine rings is 1. The fourth-order valence-electron chi connectivity index (χ4n) is 2.43. The van der Waals surface area contributed by atoms with Crippen LogP contribution in [0.5, 0.6) is 11.6 Å². The van der Waals surface area contributed by atoms with Crippen LogP contribution in [0.4, 0.5) is 0 Å². The van der Waals surface area contributed by atoms with Crippen molar-refractivity contribution in [3.05, 3.63) is 66.2 Å². The third kappa shape index (κ3) is 4.78. The fraction of sp³-hybridized carbons (Fsp3) is 0.200. The lowest BCUT2D eigenvalue weighted by molar-refractivity contribution is 0.0950. The molecular formula is C20H20N4O3. The average molecular weight is 364 g/mol. The Morgan fingerprint density at radius 2 is 1.89 bits per heavy atom. The first kappa shape index (κ1) is 18.3. The van der Waals surface area contributed by atoms with Crippen LogP contribution in [0.1, 0.15) is 23.0 Å². The van der Waals surface area contributed by atoms with Crippen LogP contribution in [0.15, 0.2) is 55.0 Å². The molecule has 0 bridgehead atoms. The summed E-state index contributed by atoms with van der Waals surface area (Å²) in [6.07, 6.45) is 2.97. The third-order valence-electron chi connectivity index (χ3n) is 3.83. The summed E-state index contributed by atoms with van der Waals surface area (Å²) in [7, 11) is 1.63. The van der Waals surface area contributed by atoms with Crippen LogP contribution in [-0.4, -0.2) is 34.6 Å². The van der Waals surface area contributed by atoms with Crippen LogP contribution in [0.3, 0.4) is 0 Å². The number of benzene rings is 1. The highest BCUT2D eigenvalue weighted by Crippen LogP contribution is 2.20. The molecule has 0 aliphatic rings. The van der Waals surface area contributed by atoms with Gasteiger partial charge in [0.25, 0.3) is 5.91 Å². The molecule has 0 spiro atoms. The molecule has 1 N–H and O–H groups in total. The first-order valence-electron chi connectivity index (χ1n) is 8.52. The number of hydrogen-bond donors (Lipinski definition) is 1. The van der Waals surface area contributed by atoms with Crippen molar-refractivity contribution in [1.82, 2.24) is 20.3 Å². The first-order chi connectivity index (χ1) is 13.2. The highest BCUT2D eigenvalue weighted by molar-refractivity contribution is 5.93. The Bertz CT molecular complexity index is 896. The van der Waals surface area contributed by atoms with Gasteiger partial charge in [0.05, 0.1) is 37.2 Å². The van der Waals surface area contributed by atoms with E-state index in [1.165, 1.54) is 12.5 Å². The van der Waals surface area contributed by atoms with Crippen molar-refractivity contribution >= 4 is 5.91 Å². The molecule has 0 aliphatic heterocycles. The number of nitrogens with one attached hydrogen (secondary N) is 1. The van der Waals surface area contributed by atoms with E-state index in [1.54, 1.807) is 19.2 Å². The minimum atomic E-state index is -0.227. The quantitative estimate of drug-likeness (QED) is 0.694. The summed E-state index contributed by atoms with van der Waals surface area (Å²) in [5, 5.41) is 2.83. The SMILES string of the molecule is CCOc1ccc(C(=O)NCc2cc(-c3ccc(OC)cc3)ncn2)cn1. The summed E-state index contributed by atoms with van der Waals surface area (Å²) >= 11 is 0. The molecule has 2 heterocycles. The lowest BCUT2D eigenvalue weighted by atomic mass is 10.1. The molecule has 7 nitrogen and oxygen atoms in total. The highest BCUT2D eigenvalue weighted by Gasteiger charge is 2.08. The fourth-order valence-corrected chi connectivity index (χ4v) is 2.43. The molecule has 0 aliphatic carbocycles. The van der Waals surface area contributed by atoms with Crippen molar-refractivity contribution in [2.24, 2.45) is 0 Å². The second-order valence-corrected chi connectivity index (χ2v) is 5.62. The van der Waals surface area contributed by atoms with Gasteiger partial charge >= 0.3 is 0 Å². The van der Waals surface area contributed by atoms with E-state index in [1.807, 2.05) is 37.3 Å². The Balaban J connectivity index is 1.64. The Morgan fingerprint density at radius 3 is 2.56 bits per heavy atom. The standard InChI is InChI=1S/C20H20N4O3/c1-3-27-19-9-6-15(11-21-19)20(25)22-12-16-10-18(24-13-23-16)14-4-7-17(26-2)8-5-14/h4-11,13H,3,12H2,1-2H3,(H,22,25). The van der Waals surface area contributed by atoms with Gasteiger partial charge in [0.2, 0.25) is 5.88 Å². The van der Waals surface area contributed by atoms with E-state index in [0.717, 1.165) is 17.0 Å². The number of amides is 1. The molecular weight excluding hydrogens is 344 g/mol. The molecule has 2 aromatic heterocycles. The molecule has 1 aromatic carbocycles. The maximum atomic E-state index is 12.3. The Hall–Kier alpha value is -3.48. The number of carbonyl (C=O) groups is 1. The van der Waals surface area contributed by atoms with Crippen molar-refractivity contribution in [3.8, 4) is 22.9 Å². The lowest BCUT2D eigenvalue weighted by Crippen LogP contribution is -2.23. The highest BCUT2D eigenvalue weighted by atomic mass is 16.5. The van der Waals surface area contributed by atoms with E-state index >= 15 is 0 Å². The largest absolute Gasteiger partial charge is 0.497 e. The van der Waals surface area contributed by atoms with Gasteiger partial charge in [-0.05, 0) is 43.3 Å². The van der Waals surface area contributed by atoms with E-state index in [4.69, 9.17) is 9.47 Å². The van der Waals surface area contributed by atoms with Gasteiger partial charge in [-0.2, -0.15) is 0 Å². The van der Waals surface area contributed by atoms with E-state index < -0.39 is 0 Å². The van der Waals surface area contributed by atoms with Crippen molar-refractivity contribution in [2.75, 3.05) is 13.7 Å². The predicted molar refractivity (Wildman–Crippen MR) is 101 cm³/mol. The summed E-state index contributed by atoms with van der Waals surface area (Å²) in [5.41, 5.74) is 2.90. The second kappa shape index (κ2) is 8.75. The second-order valence-electron chi connectivity index (χ2n) is 5.62. The van der Waals surface area contributed by atoms with Crippen molar-refractivity contribution in [3.63, 3.8) is 0 Å². The molecule has 27 heavy (non-hydrogen) atoms. The van der Waals surface area contributed by atoms with Gasteiger partial charge in [0.15, 0.2) is 0 Å². The first-order valence-corrected chi connectivity index (χ1v) is 8.52. The van der Waals surface area contributed by atoms with E-state index in [-0.39, 0.29) is 12.5 Å². The zero-order valence-electron chi connectivity index (χ0n) is 15.2. The molecule has 0 radical (unpaired) electrons. The lowest BCUT2D eigenvalue weighted by Gasteiger charge is -2.07. The third-order valence-corrected chi connectivity index (χ3v) is 3.83. The zero-order valence-corrected chi connectivity index (χ0v) is 15.2. The van der Waals surface area contributed by atoms with Gasteiger partial charge in [-0.1, -0.05) is 0 Å². The molecule has 0 unspecified atom stereocenters. The van der Waals surface area contributed by atoms with E-state index in [0.29, 0.717) is 23.7 Å². The van der Waals surface area contributed by atoms with Gasteiger partial charge in [-0.3, -0.25) is 4.79 Å². The minimum Gasteiger partial charge on any atom is -0.497 e. The smallest absolute Gasteiger partial charge is 0.253 e. The Labute approximate surface area is 157 Å². The van der Waals surface area contributed by atoms with Crippen molar-refractivity contribution in [2.45, 2.75) is 13.5 Å². The molecule has 1 amide bonds. The molecule has 0 saturated heterocycles. The monoisotopic (exact) mass is 364 g/mol. The topological polar surface area (TPSA) is 86.2 Å². The number of aromatic nitrogens is 3. The maximum absolute atomic E-state index is 12.3. The molecule has 138 valence electrons. The van der Waals surface area contributed by atoms with Gasteiger partial charge < -0.3 is 14.8 Å². The number of methoxy groups -OCH3 is 1. The van der Waals surface area contributed by atoms with Crippen LogP contribution in [0, 0.1) is 0 Å². The van der Waals surface area contributed by atoms with E-state index in [9.17, 15) is 4.79 Å².